The summed E-state index contributed by atoms with van der Waals surface area (Å²) in [5, 5.41) is 0. The van der Waals surface area contributed by atoms with Crippen molar-refractivity contribution in [3.8, 4) is 0 Å². The average molecular weight is 184 g/mol. The molecule has 3 atom stereocenters. The van der Waals surface area contributed by atoms with E-state index in [1.54, 1.807) is 0 Å². The standard InChI is InChI=1S/C11H21N.H3N/c1-8-4-5-9-10(2,3)11(9,6-8)7-12;/h8-9H,4-7,12H2,1-3H3;1H3. The fourth-order valence-electron chi connectivity index (χ4n) is 3.77. The Morgan fingerprint density at radius 3 is 2.38 bits per heavy atom. The van der Waals surface area contributed by atoms with Crippen LogP contribution < -0.4 is 11.9 Å². The molecule has 78 valence electrons. The van der Waals surface area contributed by atoms with Crippen LogP contribution in [0.1, 0.15) is 40.0 Å². The Bertz CT molecular complexity index is 200. The maximum absolute atomic E-state index is 5.92. The molecule has 0 aromatic carbocycles. The third-order valence-electron chi connectivity index (χ3n) is 4.76. The summed E-state index contributed by atoms with van der Waals surface area (Å²) in [6.45, 7) is 8.10. The lowest BCUT2D eigenvalue weighted by atomic mass is 9.80. The molecule has 13 heavy (non-hydrogen) atoms. The fourth-order valence-corrected chi connectivity index (χ4v) is 3.77. The van der Waals surface area contributed by atoms with Crippen molar-refractivity contribution in [3.63, 3.8) is 0 Å². The third-order valence-corrected chi connectivity index (χ3v) is 4.76. The van der Waals surface area contributed by atoms with Crippen molar-refractivity contribution in [1.82, 2.24) is 6.15 Å². The molecule has 2 rings (SSSR count). The van der Waals surface area contributed by atoms with Gasteiger partial charge in [-0.2, -0.15) is 0 Å². The van der Waals surface area contributed by atoms with Crippen LogP contribution in [0, 0.1) is 22.7 Å². The van der Waals surface area contributed by atoms with Crippen LogP contribution in [0.25, 0.3) is 0 Å². The van der Waals surface area contributed by atoms with Crippen LogP contribution in [0.5, 0.6) is 0 Å². The molecule has 0 aromatic rings. The molecule has 0 aliphatic heterocycles. The first-order chi connectivity index (χ1) is 5.54. The van der Waals surface area contributed by atoms with Crippen LogP contribution in [-0.4, -0.2) is 6.54 Å². The van der Waals surface area contributed by atoms with E-state index in [0.717, 1.165) is 18.4 Å². The molecular weight excluding hydrogens is 160 g/mol. The Labute approximate surface area is 81.9 Å². The highest BCUT2D eigenvalue weighted by Crippen LogP contribution is 2.74. The van der Waals surface area contributed by atoms with Gasteiger partial charge < -0.3 is 11.9 Å². The average Bonchev–Trinajstić information content (AvgIpc) is 2.49. The largest absolute Gasteiger partial charge is 0.344 e. The summed E-state index contributed by atoms with van der Waals surface area (Å²) in [5.74, 6) is 1.85. The van der Waals surface area contributed by atoms with E-state index in [4.69, 9.17) is 5.73 Å². The van der Waals surface area contributed by atoms with Gasteiger partial charge in [0, 0.05) is 0 Å². The van der Waals surface area contributed by atoms with Crippen molar-refractivity contribution < 1.29 is 0 Å². The first-order valence-corrected chi connectivity index (χ1v) is 5.24. The van der Waals surface area contributed by atoms with Gasteiger partial charge in [-0.1, -0.05) is 27.2 Å². The normalized spacial score (nSPS) is 46.2. The molecule has 2 aliphatic carbocycles. The number of rotatable bonds is 1. The highest BCUT2D eigenvalue weighted by atomic mass is 14.8. The van der Waals surface area contributed by atoms with Crippen molar-refractivity contribution in [1.29, 1.82) is 0 Å². The molecule has 2 saturated carbocycles. The maximum atomic E-state index is 5.92. The molecule has 0 amide bonds. The molecule has 2 aliphatic rings. The van der Waals surface area contributed by atoms with Gasteiger partial charge in [-0.05, 0) is 42.1 Å². The van der Waals surface area contributed by atoms with E-state index in [1.165, 1.54) is 19.3 Å². The van der Waals surface area contributed by atoms with Crippen LogP contribution in [-0.2, 0) is 0 Å². The Morgan fingerprint density at radius 1 is 1.31 bits per heavy atom. The number of hydrogen-bond acceptors (Lipinski definition) is 2. The van der Waals surface area contributed by atoms with Gasteiger partial charge in [0.1, 0.15) is 0 Å². The van der Waals surface area contributed by atoms with Gasteiger partial charge >= 0.3 is 0 Å². The Morgan fingerprint density at radius 2 is 1.92 bits per heavy atom. The molecule has 0 spiro atoms. The smallest absolute Gasteiger partial charge is 0.00123 e. The minimum absolute atomic E-state index is 0. The van der Waals surface area contributed by atoms with E-state index in [-0.39, 0.29) is 6.15 Å². The number of hydrogen-bond donors (Lipinski definition) is 2. The lowest BCUT2D eigenvalue weighted by Gasteiger charge is -2.26. The summed E-state index contributed by atoms with van der Waals surface area (Å²) in [5.41, 5.74) is 7.00. The molecule has 0 aromatic heterocycles. The van der Waals surface area contributed by atoms with E-state index in [2.05, 4.69) is 20.8 Å². The maximum Gasteiger partial charge on any atom is -0.00123 e. The molecule has 0 radical (unpaired) electrons. The monoisotopic (exact) mass is 184 g/mol. The summed E-state index contributed by atoms with van der Waals surface area (Å²) in [6.07, 6.45) is 4.22. The topological polar surface area (TPSA) is 61.0 Å². The van der Waals surface area contributed by atoms with Crippen molar-refractivity contribution in [2.75, 3.05) is 6.54 Å². The molecule has 0 saturated heterocycles. The summed E-state index contributed by atoms with van der Waals surface area (Å²) < 4.78 is 0. The molecular formula is C11H24N2. The van der Waals surface area contributed by atoms with Crippen molar-refractivity contribution >= 4 is 0 Å². The van der Waals surface area contributed by atoms with E-state index in [9.17, 15) is 0 Å². The van der Waals surface area contributed by atoms with Crippen molar-refractivity contribution in [2.45, 2.75) is 40.0 Å². The van der Waals surface area contributed by atoms with Crippen molar-refractivity contribution in [3.05, 3.63) is 0 Å². The number of nitrogens with two attached hydrogens (primary N) is 1. The predicted octanol–water partition coefficient (Wildman–Crippen LogP) is 2.57. The van der Waals surface area contributed by atoms with E-state index in [1.807, 2.05) is 0 Å². The molecule has 2 nitrogen and oxygen atoms in total. The molecule has 0 bridgehead atoms. The fraction of sp³-hybridized carbons (Fsp3) is 1.00. The highest BCUT2D eigenvalue weighted by molar-refractivity contribution is 5.19. The van der Waals surface area contributed by atoms with Crippen LogP contribution in [0.3, 0.4) is 0 Å². The summed E-state index contributed by atoms with van der Waals surface area (Å²) in [7, 11) is 0. The van der Waals surface area contributed by atoms with E-state index < -0.39 is 0 Å². The minimum Gasteiger partial charge on any atom is -0.344 e. The first kappa shape index (κ1) is 11.0. The van der Waals surface area contributed by atoms with Crippen molar-refractivity contribution in [2.24, 2.45) is 28.4 Å². The van der Waals surface area contributed by atoms with Crippen LogP contribution in [0.2, 0.25) is 0 Å². The second kappa shape index (κ2) is 2.96. The van der Waals surface area contributed by atoms with Gasteiger partial charge in [0.2, 0.25) is 0 Å². The quantitative estimate of drug-likeness (QED) is 0.658. The zero-order valence-electron chi connectivity index (χ0n) is 9.27. The summed E-state index contributed by atoms with van der Waals surface area (Å²) in [6, 6.07) is 0. The Hall–Kier alpha value is -0.0800. The van der Waals surface area contributed by atoms with E-state index in [0.29, 0.717) is 10.8 Å². The molecule has 2 fully saturated rings. The SMILES string of the molecule is CC1CCC2C(C)(C)C2(CN)C1.N. The van der Waals surface area contributed by atoms with E-state index >= 15 is 0 Å². The second-order valence-corrected chi connectivity index (χ2v) is 5.52. The molecule has 0 heterocycles. The van der Waals surface area contributed by atoms with Crippen LogP contribution >= 0.6 is 0 Å². The van der Waals surface area contributed by atoms with Gasteiger partial charge in [0.05, 0.1) is 0 Å². The van der Waals surface area contributed by atoms with Gasteiger partial charge in [0.15, 0.2) is 0 Å². The second-order valence-electron chi connectivity index (χ2n) is 5.52. The highest BCUT2D eigenvalue weighted by Gasteiger charge is 2.70. The van der Waals surface area contributed by atoms with Gasteiger partial charge in [0.25, 0.3) is 0 Å². The van der Waals surface area contributed by atoms with Gasteiger partial charge in [-0.3, -0.25) is 0 Å². The molecule has 5 N–H and O–H groups in total. The van der Waals surface area contributed by atoms with Gasteiger partial charge in [-0.25, -0.2) is 0 Å². The van der Waals surface area contributed by atoms with Gasteiger partial charge in [-0.15, -0.1) is 0 Å². The summed E-state index contributed by atoms with van der Waals surface area (Å²) in [4.78, 5) is 0. The summed E-state index contributed by atoms with van der Waals surface area (Å²) >= 11 is 0. The predicted molar refractivity (Wildman–Crippen MR) is 56.8 cm³/mol. The lowest BCUT2D eigenvalue weighted by Crippen LogP contribution is -2.26. The zero-order valence-corrected chi connectivity index (χ0v) is 9.27. The van der Waals surface area contributed by atoms with Crippen LogP contribution in [0.15, 0.2) is 0 Å². The minimum atomic E-state index is 0. The first-order valence-electron chi connectivity index (χ1n) is 5.24. The number of fused-ring (bicyclic) bond motifs is 1. The Balaban J connectivity index is 0.000000845. The Kier molecular flexibility index (Phi) is 2.50. The van der Waals surface area contributed by atoms with Crippen LogP contribution in [0.4, 0.5) is 0 Å². The molecule has 3 unspecified atom stereocenters. The zero-order chi connectivity index (χ0) is 8.98. The third kappa shape index (κ3) is 1.15. The lowest BCUT2D eigenvalue weighted by molar-refractivity contribution is 0.258. The molecule has 2 heteroatoms.